The second-order valence-electron chi connectivity index (χ2n) is 3.98. The Hall–Kier alpha value is -1.75. The summed E-state index contributed by atoms with van der Waals surface area (Å²) in [6, 6.07) is 9.80. The van der Waals surface area contributed by atoms with Crippen molar-refractivity contribution in [2.45, 2.75) is 0 Å². The molecule has 0 saturated heterocycles. The number of methoxy groups -OCH3 is 1. The molecule has 0 aliphatic heterocycles. The zero-order valence-electron chi connectivity index (χ0n) is 10.7. The van der Waals surface area contributed by atoms with Gasteiger partial charge in [0.2, 0.25) is 0 Å². The van der Waals surface area contributed by atoms with Gasteiger partial charge in [-0.25, -0.2) is 4.79 Å². The number of ether oxygens (including phenoxy) is 2. The molecule has 0 radical (unpaired) electrons. The highest BCUT2D eigenvalue weighted by atomic mass is 35.5. The van der Waals surface area contributed by atoms with E-state index in [0.717, 1.165) is 0 Å². The Balaban J connectivity index is 2.20. The second kappa shape index (κ2) is 6.13. The van der Waals surface area contributed by atoms with Gasteiger partial charge in [-0.1, -0.05) is 23.2 Å². The Labute approximate surface area is 126 Å². The fourth-order valence-corrected chi connectivity index (χ4v) is 2.02. The molecule has 104 valence electrons. The van der Waals surface area contributed by atoms with Crippen LogP contribution in [0.2, 0.25) is 10.0 Å². The first-order valence-electron chi connectivity index (χ1n) is 5.68. The van der Waals surface area contributed by atoms with Crippen LogP contribution in [0.4, 0.5) is 5.69 Å². The van der Waals surface area contributed by atoms with Crippen LogP contribution in [0.5, 0.6) is 11.5 Å². The molecule has 0 atom stereocenters. The van der Waals surface area contributed by atoms with Crippen molar-refractivity contribution in [3.8, 4) is 11.5 Å². The van der Waals surface area contributed by atoms with Crippen LogP contribution in [0.3, 0.4) is 0 Å². The SMILES string of the molecule is COC(=O)c1ccc(Oc2cc(Cl)c([NH3+])c(Cl)c2)cc1. The predicted molar refractivity (Wildman–Crippen MR) is 76.9 cm³/mol. The molecule has 0 amide bonds. The first-order chi connectivity index (χ1) is 9.51. The number of esters is 1. The Bertz CT molecular complexity index is 618. The summed E-state index contributed by atoms with van der Waals surface area (Å²) in [4.78, 5) is 11.3. The third kappa shape index (κ3) is 3.22. The van der Waals surface area contributed by atoms with Gasteiger partial charge in [-0.05, 0) is 24.3 Å². The largest absolute Gasteiger partial charge is 0.465 e. The van der Waals surface area contributed by atoms with Gasteiger partial charge in [0.05, 0.1) is 12.7 Å². The van der Waals surface area contributed by atoms with E-state index < -0.39 is 5.97 Å². The molecule has 0 aromatic heterocycles. The fraction of sp³-hybridized carbons (Fsp3) is 0.0714. The van der Waals surface area contributed by atoms with Crippen LogP contribution in [-0.4, -0.2) is 13.1 Å². The lowest BCUT2D eigenvalue weighted by Crippen LogP contribution is -2.40. The average molecular weight is 313 g/mol. The van der Waals surface area contributed by atoms with E-state index in [1.807, 2.05) is 0 Å². The summed E-state index contributed by atoms with van der Waals surface area (Å²) >= 11 is 12.0. The van der Waals surface area contributed by atoms with Crippen LogP contribution in [0.1, 0.15) is 10.4 Å². The smallest absolute Gasteiger partial charge is 0.337 e. The Morgan fingerprint density at radius 2 is 1.60 bits per heavy atom. The van der Waals surface area contributed by atoms with Crippen LogP contribution in [0.25, 0.3) is 0 Å². The number of carbonyl (C=O) groups is 1. The van der Waals surface area contributed by atoms with Gasteiger partial charge in [-0.2, -0.15) is 0 Å². The van der Waals surface area contributed by atoms with Crippen molar-refractivity contribution >= 4 is 34.9 Å². The van der Waals surface area contributed by atoms with E-state index in [2.05, 4.69) is 10.5 Å². The van der Waals surface area contributed by atoms with E-state index in [0.29, 0.717) is 32.8 Å². The monoisotopic (exact) mass is 312 g/mol. The summed E-state index contributed by atoms with van der Waals surface area (Å²) in [5.74, 6) is 0.656. The van der Waals surface area contributed by atoms with Gasteiger partial charge >= 0.3 is 5.97 Å². The molecule has 20 heavy (non-hydrogen) atoms. The van der Waals surface area contributed by atoms with E-state index in [1.165, 1.54) is 7.11 Å². The van der Waals surface area contributed by atoms with Crippen molar-refractivity contribution in [2.75, 3.05) is 7.11 Å². The van der Waals surface area contributed by atoms with Crippen LogP contribution in [0, 0.1) is 0 Å². The van der Waals surface area contributed by atoms with Gasteiger partial charge in [-0.15, -0.1) is 0 Å². The maximum atomic E-state index is 11.3. The predicted octanol–water partition coefficient (Wildman–Crippen LogP) is 3.45. The lowest BCUT2D eigenvalue weighted by molar-refractivity contribution is -0.254. The Morgan fingerprint density at radius 1 is 1.05 bits per heavy atom. The third-order valence-electron chi connectivity index (χ3n) is 2.63. The summed E-state index contributed by atoms with van der Waals surface area (Å²) in [5.41, 5.74) is 4.74. The van der Waals surface area contributed by atoms with Gasteiger partial charge in [0.15, 0.2) is 5.69 Å². The Kier molecular flexibility index (Phi) is 4.49. The summed E-state index contributed by atoms with van der Waals surface area (Å²) in [7, 11) is 1.33. The first-order valence-corrected chi connectivity index (χ1v) is 6.44. The quantitative estimate of drug-likeness (QED) is 0.883. The maximum absolute atomic E-state index is 11.3. The summed E-state index contributed by atoms with van der Waals surface area (Å²) in [5, 5.41) is 0.859. The van der Waals surface area contributed by atoms with E-state index in [-0.39, 0.29) is 0 Å². The normalized spacial score (nSPS) is 10.2. The molecule has 6 heteroatoms. The summed E-state index contributed by atoms with van der Waals surface area (Å²) < 4.78 is 10.2. The number of rotatable bonds is 3. The van der Waals surface area contributed by atoms with Crippen molar-refractivity contribution in [2.24, 2.45) is 0 Å². The Morgan fingerprint density at radius 3 is 2.10 bits per heavy atom. The minimum atomic E-state index is -0.399. The molecule has 0 aliphatic rings. The van der Waals surface area contributed by atoms with Gasteiger partial charge in [0, 0.05) is 12.1 Å². The minimum Gasteiger partial charge on any atom is -0.465 e. The molecule has 0 saturated carbocycles. The number of halogens is 2. The standard InChI is InChI=1S/C14H11Cl2NO3/c1-19-14(18)8-2-4-9(5-3-8)20-10-6-11(15)13(17)12(16)7-10/h2-7H,17H2,1H3/p+1. The van der Waals surface area contributed by atoms with E-state index in [1.54, 1.807) is 36.4 Å². The van der Waals surface area contributed by atoms with Gasteiger partial charge in [0.25, 0.3) is 0 Å². The summed E-state index contributed by atoms with van der Waals surface area (Å²) in [6.45, 7) is 0. The summed E-state index contributed by atoms with van der Waals surface area (Å²) in [6.07, 6.45) is 0. The van der Waals surface area contributed by atoms with Crippen LogP contribution >= 0.6 is 23.2 Å². The molecule has 0 spiro atoms. The minimum absolute atomic E-state index is 0.399. The maximum Gasteiger partial charge on any atom is 0.337 e. The van der Waals surface area contributed by atoms with Crippen molar-refractivity contribution in [3.63, 3.8) is 0 Å². The van der Waals surface area contributed by atoms with Crippen molar-refractivity contribution in [1.82, 2.24) is 0 Å². The van der Waals surface area contributed by atoms with Gasteiger partial charge < -0.3 is 15.2 Å². The highest BCUT2D eigenvalue weighted by Crippen LogP contribution is 2.33. The van der Waals surface area contributed by atoms with Crippen molar-refractivity contribution < 1.29 is 20.0 Å². The van der Waals surface area contributed by atoms with E-state index in [4.69, 9.17) is 27.9 Å². The molecule has 0 aliphatic carbocycles. The molecule has 3 N–H and O–H groups in total. The molecule has 0 bridgehead atoms. The molecule has 2 aromatic carbocycles. The van der Waals surface area contributed by atoms with Gasteiger partial charge in [-0.3, -0.25) is 0 Å². The number of quaternary nitrogens is 1. The molecule has 0 heterocycles. The topological polar surface area (TPSA) is 63.2 Å². The molecular formula is C14H12Cl2NO3+. The fourth-order valence-electron chi connectivity index (χ4n) is 1.55. The van der Waals surface area contributed by atoms with Crippen LogP contribution < -0.4 is 10.5 Å². The molecular weight excluding hydrogens is 301 g/mol. The van der Waals surface area contributed by atoms with Crippen LogP contribution in [0.15, 0.2) is 36.4 Å². The number of benzene rings is 2. The second-order valence-corrected chi connectivity index (χ2v) is 4.80. The van der Waals surface area contributed by atoms with Gasteiger partial charge in [0.1, 0.15) is 21.5 Å². The zero-order valence-corrected chi connectivity index (χ0v) is 12.2. The van der Waals surface area contributed by atoms with E-state index >= 15 is 0 Å². The lowest BCUT2D eigenvalue weighted by Gasteiger charge is -2.08. The number of hydrogen-bond donors (Lipinski definition) is 1. The average Bonchev–Trinajstić information content (AvgIpc) is 2.44. The molecule has 2 rings (SSSR count). The highest BCUT2D eigenvalue weighted by molar-refractivity contribution is 6.38. The molecule has 0 fully saturated rings. The zero-order chi connectivity index (χ0) is 14.7. The van der Waals surface area contributed by atoms with Crippen LogP contribution in [-0.2, 0) is 4.74 Å². The first kappa shape index (κ1) is 14.7. The number of hydrogen-bond acceptors (Lipinski definition) is 3. The lowest BCUT2D eigenvalue weighted by atomic mass is 10.2. The molecule has 4 nitrogen and oxygen atoms in total. The number of carbonyl (C=O) groups excluding carboxylic acids is 1. The third-order valence-corrected chi connectivity index (χ3v) is 3.30. The van der Waals surface area contributed by atoms with E-state index in [9.17, 15) is 4.79 Å². The molecule has 0 unspecified atom stereocenters. The molecule has 2 aromatic rings. The van der Waals surface area contributed by atoms with Crippen molar-refractivity contribution in [1.29, 1.82) is 0 Å². The highest BCUT2D eigenvalue weighted by Gasteiger charge is 2.10. The van der Waals surface area contributed by atoms with Crippen molar-refractivity contribution in [3.05, 3.63) is 52.0 Å².